The molecular weight excluding hydrogens is 322 g/mol. The molecule has 0 spiro atoms. The highest BCUT2D eigenvalue weighted by Crippen LogP contribution is 2.39. The van der Waals surface area contributed by atoms with E-state index < -0.39 is 0 Å². The molecule has 0 unspecified atom stereocenters. The van der Waals surface area contributed by atoms with Gasteiger partial charge in [-0.05, 0) is 44.5 Å². The molecule has 0 fully saturated rings. The van der Waals surface area contributed by atoms with Crippen molar-refractivity contribution in [1.82, 2.24) is 5.32 Å². The number of amides is 1. The second-order valence-electron chi connectivity index (χ2n) is 7.03. The van der Waals surface area contributed by atoms with Gasteiger partial charge in [0.2, 0.25) is 5.91 Å². The third-order valence-corrected chi connectivity index (χ3v) is 4.49. The molecule has 0 saturated carbocycles. The van der Waals surface area contributed by atoms with Crippen LogP contribution in [0.2, 0.25) is 5.02 Å². The van der Waals surface area contributed by atoms with Gasteiger partial charge in [0.1, 0.15) is 11.4 Å². The van der Waals surface area contributed by atoms with Crippen molar-refractivity contribution in [2.75, 3.05) is 0 Å². The summed E-state index contributed by atoms with van der Waals surface area (Å²) >= 11 is 5.89. The van der Waals surface area contributed by atoms with Gasteiger partial charge in [0.15, 0.2) is 0 Å². The molecule has 0 saturated heterocycles. The number of benzene rings is 2. The maximum absolute atomic E-state index is 12.5. The van der Waals surface area contributed by atoms with E-state index in [0.29, 0.717) is 11.4 Å². The summed E-state index contributed by atoms with van der Waals surface area (Å²) in [7, 11) is 0. The summed E-state index contributed by atoms with van der Waals surface area (Å²) in [5.74, 6) is 0.862. The van der Waals surface area contributed by atoms with Gasteiger partial charge in [-0.1, -0.05) is 41.4 Å². The van der Waals surface area contributed by atoms with Crippen molar-refractivity contribution in [2.45, 2.75) is 45.3 Å². The van der Waals surface area contributed by atoms with Crippen LogP contribution >= 0.6 is 11.6 Å². The molecule has 2 aromatic carbocycles. The number of carbonyl (C=O) groups excluding carboxylic acids is 1. The van der Waals surface area contributed by atoms with Gasteiger partial charge in [0.05, 0.1) is 12.5 Å². The second kappa shape index (κ2) is 6.48. The molecular formula is C20H22ClNO2. The summed E-state index contributed by atoms with van der Waals surface area (Å²) in [5.41, 5.74) is 2.86. The molecule has 1 atom stereocenters. The van der Waals surface area contributed by atoms with Crippen molar-refractivity contribution >= 4 is 17.5 Å². The van der Waals surface area contributed by atoms with Crippen LogP contribution in [0.1, 0.15) is 43.0 Å². The monoisotopic (exact) mass is 343 g/mol. The van der Waals surface area contributed by atoms with E-state index in [1.165, 1.54) is 0 Å². The van der Waals surface area contributed by atoms with Crippen LogP contribution in [0.4, 0.5) is 0 Å². The topological polar surface area (TPSA) is 38.3 Å². The molecule has 0 radical (unpaired) electrons. The highest BCUT2D eigenvalue weighted by Gasteiger charge is 2.34. The van der Waals surface area contributed by atoms with Crippen LogP contribution in [0, 0.1) is 6.92 Å². The maximum Gasteiger partial charge on any atom is 0.224 e. The Hall–Kier alpha value is -2.00. The molecule has 1 heterocycles. The molecule has 24 heavy (non-hydrogen) atoms. The van der Waals surface area contributed by atoms with Gasteiger partial charge in [-0.3, -0.25) is 4.79 Å². The number of hydrogen-bond acceptors (Lipinski definition) is 2. The first-order valence-electron chi connectivity index (χ1n) is 8.16. The van der Waals surface area contributed by atoms with E-state index in [9.17, 15) is 4.79 Å². The number of hydrogen-bond donors (Lipinski definition) is 1. The normalized spacial score (nSPS) is 18.4. The lowest BCUT2D eigenvalue weighted by Gasteiger charge is -2.38. The highest BCUT2D eigenvalue weighted by molar-refractivity contribution is 6.30. The van der Waals surface area contributed by atoms with E-state index in [1.54, 1.807) is 12.1 Å². The quantitative estimate of drug-likeness (QED) is 0.883. The van der Waals surface area contributed by atoms with Crippen LogP contribution in [0.25, 0.3) is 0 Å². The van der Waals surface area contributed by atoms with Crippen LogP contribution in [0.15, 0.2) is 42.5 Å². The summed E-state index contributed by atoms with van der Waals surface area (Å²) < 4.78 is 6.05. The fraction of sp³-hybridized carbons (Fsp3) is 0.350. The molecule has 0 bridgehead atoms. The minimum atomic E-state index is -0.305. The van der Waals surface area contributed by atoms with E-state index in [1.807, 2.05) is 45.0 Å². The van der Waals surface area contributed by atoms with Gasteiger partial charge in [-0.25, -0.2) is 0 Å². The van der Waals surface area contributed by atoms with Gasteiger partial charge in [-0.2, -0.15) is 0 Å². The van der Waals surface area contributed by atoms with E-state index in [0.717, 1.165) is 28.9 Å². The molecule has 4 heteroatoms. The van der Waals surface area contributed by atoms with Gasteiger partial charge < -0.3 is 10.1 Å². The number of aryl methyl sites for hydroxylation is 1. The molecule has 1 amide bonds. The van der Waals surface area contributed by atoms with Crippen molar-refractivity contribution < 1.29 is 9.53 Å². The summed E-state index contributed by atoms with van der Waals surface area (Å²) in [6, 6.07) is 13.5. The summed E-state index contributed by atoms with van der Waals surface area (Å²) in [6.45, 7) is 6.15. The van der Waals surface area contributed by atoms with Crippen LogP contribution < -0.4 is 10.1 Å². The smallest absolute Gasteiger partial charge is 0.224 e. The van der Waals surface area contributed by atoms with E-state index in [2.05, 4.69) is 11.4 Å². The van der Waals surface area contributed by atoms with E-state index >= 15 is 0 Å². The Kier molecular flexibility index (Phi) is 4.55. The lowest BCUT2D eigenvalue weighted by atomic mass is 9.89. The highest BCUT2D eigenvalue weighted by atomic mass is 35.5. The van der Waals surface area contributed by atoms with E-state index in [4.69, 9.17) is 16.3 Å². The summed E-state index contributed by atoms with van der Waals surface area (Å²) in [5, 5.41) is 3.84. The molecule has 0 aliphatic carbocycles. The van der Waals surface area contributed by atoms with Crippen molar-refractivity contribution in [3.05, 3.63) is 64.2 Å². The Balaban J connectivity index is 1.77. The average molecular weight is 344 g/mol. The number of carbonyl (C=O) groups is 1. The molecule has 3 rings (SSSR count). The van der Waals surface area contributed by atoms with Crippen molar-refractivity contribution in [3.63, 3.8) is 0 Å². The molecule has 1 aliphatic heterocycles. The number of halogens is 1. The third-order valence-electron chi connectivity index (χ3n) is 4.24. The predicted octanol–water partition coefficient (Wildman–Crippen LogP) is 4.61. The summed E-state index contributed by atoms with van der Waals surface area (Å²) in [4.78, 5) is 12.5. The van der Waals surface area contributed by atoms with Gasteiger partial charge in [0.25, 0.3) is 0 Å². The van der Waals surface area contributed by atoms with Crippen molar-refractivity contribution in [3.8, 4) is 5.75 Å². The Morgan fingerprint density at radius 1 is 1.25 bits per heavy atom. The van der Waals surface area contributed by atoms with Gasteiger partial charge in [-0.15, -0.1) is 0 Å². The Bertz CT molecular complexity index is 753. The standard InChI is InChI=1S/C20H22ClNO2/c1-13-4-9-18-16(10-13)17(12-20(2,3)24-18)22-19(23)11-14-5-7-15(21)8-6-14/h4-10,17H,11-12H2,1-3H3,(H,22,23)/t17-/m1/s1. The molecule has 1 N–H and O–H groups in total. The fourth-order valence-electron chi connectivity index (χ4n) is 3.14. The van der Waals surface area contributed by atoms with Crippen molar-refractivity contribution in [2.24, 2.45) is 0 Å². The zero-order chi connectivity index (χ0) is 17.3. The summed E-state index contributed by atoms with van der Waals surface area (Å²) in [6.07, 6.45) is 1.09. The van der Waals surface area contributed by atoms with Crippen LogP contribution in [-0.2, 0) is 11.2 Å². The molecule has 126 valence electrons. The lowest BCUT2D eigenvalue weighted by molar-refractivity contribution is -0.121. The third kappa shape index (κ3) is 3.90. The first kappa shape index (κ1) is 16.8. The largest absolute Gasteiger partial charge is 0.487 e. The minimum Gasteiger partial charge on any atom is -0.487 e. The number of nitrogens with one attached hydrogen (secondary N) is 1. The van der Waals surface area contributed by atoms with Crippen molar-refractivity contribution in [1.29, 1.82) is 0 Å². The van der Waals surface area contributed by atoms with E-state index in [-0.39, 0.29) is 17.6 Å². The Morgan fingerprint density at radius 2 is 1.96 bits per heavy atom. The number of rotatable bonds is 3. The number of fused-ring (bicyclic) bond motifs is 1. The van der Waals surface area contributed by atoms with Gasteiger partial charge in [0, 0.05) is 17.0 Å². The van der Waals surface area contributed by atoms with Crippen LogP contribution in [0.5, 0.6) is 5.75 Å². The number of ether oxygens (including phenoxy) is 1. The maximum atomic E-state index is 12.5. The Morgan fingerprint density at radius 3 is 2.67 bits per heavy atom. The second-order valence-corrected chi connectivity index (χ2v) is 7.47. The van der Waals surface area contributed by atoms with Crippen LogP contribution in [0.3, 0.4) is 0 Å². The minimum absolute atomic E-state index is 0.00692. The first-order valence-corrected chi connectivity index (χ1v) is 8.53. The zero-order valence-electron chi connectivity index (χ0n) is 14.2. The lowest BCUT2D eigenvalue weighted by Crippen LogP contribution is -2.41. The molecule has 3 nitrogen and oxygen atoms in total. The molecule has 1 aliphatic rings. The predicted molar refractivity (Wildman–Crippen MR) is 96.5 cm³/mol. The molecule has 0 aromatic heterocycles. The first-order chi connectivity index (χ1) is 11.3. The Labute approximate surface area is 148 Å². The average Bonchev–Trinajstić information content (AvgIpc) is 2.49. The zero-order valence-corrected chi connectivity index (χ0v) is 15.0. The molecule has 2 aromatic rings. The SMILES string of the molecule is Cc1ccc2c(c1)[C@H](NC(=O)Cc1ccc(Cl)cc1)CC(C)(C)O2. The van der Waals surface area contributed by atoms with Crippen LogP contribution in [-0.4, -0.2) is 11.5 Å². The van der Waals surface area contributed by atoms with Gasteiger partial charge >= 0.3 is 0 Å². The fourth-order valence-corrected chi connectivity index (χ4v) is 3.26.